The van der Waals surface area contributed by atoms with Crippen molar-refractivity contribution in [3.05, 3.63) is 12.4 Å². The zero-order valence-electron chi connectivity index (χ0n) is 9.26. The van der Waals surface area contributed by atoms with Crippen molar-refractivity contribution >= 4 is 5.95 Å². The largest absolute Gasteiger partial charge is 0.369 e. The third kappa shape index (κ3) is 2.70. The molecule has 0 amide bonds. The van der Waals surface area contributed by atoms with Gasteiger partial charge in [0.25, 0.3) is 0 Å². The summed E-state index contributed by atoms with van der Waals surface area (Å²) in [6.07, 6.45) is 3.69. The van der Waals surface area contributed by atoms with Gasteiger partial charge in [-0.2, -0.15) is 0 Å². The van der Waals surface area contributed by atoms with Gasteiger partial charge >= 0.3 is 0 Å². The lowest BCUT2D eigenvalue weighted by atomic mass is 10.3. The van der Waals surface area contributed by atoms with Gasteiger partial charge in [0, 0.05) is 51.7 Å². The van der Waals surface area contributed by atoms with E-state index in [1.165, 1.54) is 13.1 Å². The molecule has 1 aliphatic heterocycles. The van der Waals surface area contributed by atoms with E-state index in [4.69, 9.17) is 5.73 Å². The van der Waals surface area contributed by atoms with Crippen molar-refractivity contribution in [2.45, 2.75) is 6.54 Å². The van der Waals surface area contributed by atoms with Crippen LogP contribution >= 0.6 is 0 Å². The smallest absolute Gasteiger partial charge is 0.200 e. The van der Waals surface area contributed by atoms with Gasteiger partial charge in [0.1, 0.15) is 0 Å². The summed E-state index contributed by atoms with van der Waals surface area (Å²) in [5.41, 5.74) is 5.70. The van der Waals surface area contributed by atoms with Crippen molar-refractivity contribution in [3.63, 3.8) is 0 Å². The Hall–Kier alpha value is -1.07. The lowest BCUT2D eigenvalue weighted by Gasteiger charge is -2.32. The number of piperazine rings is 1. The summed E-state index contributed by atoms with van der Waals surface area (Å²) >= 11 is 0. The number of anilines is 1. The number of rotatable bonds is 3. The average molecular weight is 209 g/mol. The Morgan fingerprint density at radius 2 is 2.00 bits per heavy atom. The molecule has 0 atom stereocenters. The third-order valence-electron chi connectivity index (χ3n) is 3.00. The van der Waals surface area contributed by atoms with Crippen molar-refractivity contribution in [1.29, 1.82) is 0 Å². The van der Waals surface area contributed by atoms with E-state index < -0.39 is 0 Å². The van der Waals surface area contributed by atoms with Gasteiger partial charge < -0.3 is 15.2 Å². The van der Waals surface area contributed by atoms with Gasteiger partial charge in [-0.25, -0.2) is 4.98 Å². The van der Waals surface area contributed by atoms with Crippen LogP contribution in [0.15, 0.2) is 12.4 Å². The van der Waals surface area contributed by atoms with E-state index in [0.717, 1.165) is 26.2 Å². The molecule has 15 heavy (non-hydrogen) atoms. The molecule has 0 bridgehead atoms. The fraction of sp³-hybridized carbons (Fsp3) is 0.700. The van der Waals surface area contributed by atoms with Crippen LogP contribution in [-0.2, 0) is 6.54 Å². The van der Waals surface area contributed by atoms with Crippen LogP contribution in [0.4, 0.5) is 5.95 Å². The molecule has 5 nitrogen and oxygen atoms in total. The summed E-state index contributed by atoms with van der Waals surface area (Å²) in [5, 5.41) is 0. The van der Waals surface area contributed by atoms with Gasteiger partial charge in [0.15, 0.2) is 5.95 Å². The highest BCUT2D eigenvalue weighted by Crippen LogP contribution is 2.02. The molecule has 2 N–H and O–H groups in total. The molecule has 1 aliphatic rings. The normalized spacial score (nSPS) is 19.5. The maximum atomic E-state index is 5.70. The molecular formula is C10H19N5. The molecule has 0 unspecified atom stereocenters. The molecule has 1 saturated heterocycles. The Morgan fingerprint density at radius 3 is 2.60 bits per heavy atom. The van der Waals surface area contributed by atoms with Crippen LogP contribution in [0, 0.1) is 0 Å². The van der Waals surface area contributed by atoms with Gasteiger partial charge in [-0.3, -0.25) is 4.90 Å². The molecule has 2 rings (SSSR count). The van der Waals surface area contributed by atoms with Gasteiger partial charge in [-0.1, -0.05) is 0 Å². The highest BCUT2D eigenvalue weighted by molar-refractivity contribution is 5.16. The third-order valence-corrected chi connectivity index (χ3v) is 3.00. The Bertz CT molecular complexity index is 301. The monoisotopic (exact) mass is 209 g/mol. The van der Waals surface area contributed by atoms with Gasteiger partial charge in [0.05, 0.1) is 0 Å². The highest BCUT2D eigenvalue weighted by atomic mass is 15.3. The van der Waals surface area contributed by atoms with Gasteiger partial charge in [0.2, 0.25) is 0 Å². The van der Waals surface area contributed by atoms with Crippen LogP contribution in [0.5, 0.6) is 0 Å². The van der Waals surface area contributed by atoms with E-state index in [9.17, 15) is 0 Å². The zero-order chi connectivity index (χ0) is 10.7. The first-order chi connectivity index (χ1) is 7.25. The van der Waals surface area contributed by atoms with E-state index in [1.54, 1.807) is 6.20 Å². The van der Waals surface area contributed by atoms with Gasteiger partial charge in [-0.05, 0) is 7.05 Å². The minimum Gasteiger partial charge on any atom is -0.369 e. The van der Waals surface area contributed by atoms with Crippen molar-refractivity contribution in [3.8, 4) is 0 Å². The first kappa shape index (κ1) is 10.4. The molecule has 84 valence electrons. The van der Waals surface area contributed by atoms with Gasteiger partial charge in [-0.15, -0.1) is 0 Å². The maximum Gasteiger partial charge on any atom is 0.200 e. The van der Waals surface area contributed by atoms with Crippen LogP contribution in [0.3, 0.4) is 0 Å². The average Bonchev–Trinajstić information content (AvgIpc) is 2.63. The number of imidazole rings is 1. The Labute approximate surface area is 90.5 Å². The van der Waals surface area contributed by atoms with Crippen LogP contribution in [0.1, 0.15) is 0 Å². The number of likely N-dealkylation sites (N-methyl/N-ethyl adjacent to an activating group) is 1. The van der Waals surface area contributed by atoms with Crippen molar-refractivity contribution in [2.24, 2.45) is 0 Å². The van der Waals surface area contributed by atoms with Crippen LogP contribution in [0.25, 0.3) is 0 Å². The second kappa shape index (κ2) is 4.63. The zero-order valence-corrected chi connectivity index (χ0v) is 9.26. The van der Waals surface area contributed by atoms with Crippen LogP contribution < -0.4 is 5.73 Å². The number of nitrogens with two attached hydrogens (primary N) is 1. The molecule has 0 saturated carbocycles. The van der Waals surface area contributed by atoms with Crippen molar-refractivity contribution < 1.29 is 0 Å². The molecule has 1 aromatic rings. The molecule has 0 spiro atoms. The first-order valence-electron chi connectivity index (χ1n) is 5.43. The number of hydrogen-bond donors (Lipinski definition) is 1. The van der Waals surface area contributed by atoms with E-state index in [-0.39, 0.29) is 0 Å². The quantitative estimate of drug-likeness (QED) is 0.743. The fourth-order valence-electron chi connectivity index (χ4n) is 1.85. The Morgan fingerprint density at radius 1 is 1.27 bits per heavy atom. The number of nitrogens with zero attached hydrogens (tertiary/aromatic N) is 4. The maximum absolute atomic E-state index is 5.70. The Kier molecular flexibility index (Phi) is 3.23. The summed E-state index contributed by atoms with van der Waals surface area (Å²) in [6, 6.07) is 0. The summed E-state index contributed by atoms with van der Waals surface area (Å²) in [4.78, 5) is 8.84. The predicted molar refractivity (Wildman–Crippen MR) is 60.6 cm³/mol. The second-order valence-corrected chi connectivity index (χ2v) is 4.12. The van der Waals surface area contributed by atoms with Crippen LogP contribution in [-0.4, -0.2) is 59.1 Å². The number of hydrogen-bond acceptors (Lipinski definition) is 4. The molecule has 1 fully saturated rings. The van der Waals surface area contributed by atoms with E-state index >= 15 is 0 Å². The fourth-order valence-corrected chi connectivity index (χ4v) is 1.85. The molecule has 1 aromatic heterocycles. The lowest BCUT2D eigenvalue weighted by molar-refractivity contribution is 0.150. The first-order valence-corrected chi connectivity index (χ1v) is 5.43. The molecule has 2 heterocycles. The SMILES string of the molecule is CN1CCN(CCn2ccnc2N)CC1. The van der Waals surface area contributed by atoms with E-state index in [1.807, 2.05) is 10.8 Å². The van der Waals surface area contributed by atoms with Crippen LogP contribution in [0.2, 0.25) is 0 Å². The summed E-state index contributed by atoms with van der Waals surface area (Å²) < 4.78 is 2.00. The Balaban J connectivity index is 1.77. The highest BCUT2D eigenvalue weighted by Gasteiger charge is 2.13. The minimum absolute atomic E-state index is 0.615. The summed E-state index contributed by atoms with van der Waals surface area (Å²) in [7, 11) is 2.17. The van der Waals surface area contributed by atoms with E-state index in [2.05, 4.69) is 21.8 Å². The molecule has 0 aromatic carbocycles. The minimum atomic E-state index is 0.615. The molecule has 0 aliphatic carbocycles. The number of aromatic nitrogens is 2. The molecular weight excluding hydrogens is 190 g/mol. The summed E-state index contributed by atoms with van der Waals surface area (Å²) in [5.74, 6) is 0.615. The van der Waals surface area contributed by atoms with E-state index in [0.29, 0.717) is 5.95 Å². The summed E-state index contributed by atoms with van der Waals surface area (Å²) in [6.45, 7) is 6.65. The molecule has 0 radical (unpaired) electrons. The number of nitrogen functional groups attached to an aromatic ring is 1. The standard InChI is InChI=1S/C10H19N5/c1-13-4-6-14(7-5-13)8-9-15-3-2-12-10(15)11/h2-3H,4-9H2,1H3,(H2,11,12). The second-order valence-electron chi connectivity index (χ2n) is 4.12. The predicted octanol–water partition coefficient (Wildman–Crippen LogP) is -0.287. The van der Waals surface area contributed by atoms with Crippen molar-refractivity contribution in [2.75, 3.05) is 45.5 Å². The van der Waals surface area contributed by atoms with Crippen molar-refractivity contribution in [1.82, 2.24) is 19.4 Å². The molecule has 5 heteroatoms. The lowest BCUT2D eigenvalue weighted by Crippen LogP contribution is -2.45. The topological polar surface area (TPSA) is 50.3 Å².